The molecule has 2 aromatic rings. The summed E-state index contributed by atoms with van der Waals surface area (Å²) in [6.07, 6.45) is 4.74. The highest BCUT2D eigenvalue weighted by atomic mass is 32.1. The van der Waals surface area contributed by atoms with Crippen molar-refractivity contribution >= 4 is 34.4 Å². The topological polar surface area (TPSA) is 75.2 Å². The molecule has 1 aliphatic rings. The van der Waals surface area contributed by atoms with Gasteiger partial charge in [-0.3, -0.25) is 9.59 Å². The second-order valence-corrected chi connectivity index (χ2v) is 7.14. The molecule has 0 radical (unpaired) electrons. The van der Waals surface area contributed by atoms with Gasteiger partial charge in [0.25, 0.3) is 0 Å². The number of anilines is 1. The van der Waals surface area contributed by atoms with Gasteiger partial charge in [0.05, 0.1) is 0 Å². The van der Waals surface area contributed by atoms with Crippen LogP contribution >= 0.6 is 11.3 Å². The number of aryl methyl sites for hydroxylation is 1. The molecule has 0 atom stereocenters. The van der Waals surface area contributed by atoms with Gasteiger partial charge in [-0.05, 0) is 31.4 Å². The quantitative estimate of drug-likeness (QED) is 0.855. The molecule has 1 aromatic carbocycles. The van der Waals surface area contributed by atoms with Crippen molar-refractivity contribution in [3.8, 4) is 0 Å². The van der Waals surface area contributed by atoms with Gasteiger partial charge in [-0.25, -0.2) is 0 Å². The van der Waals surface area contributed by atoms with Gasteiger partial charge in [-0.1, -0.05) is 41.7 Å². The lowest BCUT2D eigenvalue weighted by Crippen LogP contribution is -2.40. The summed E-state index contributed by atoms with van der Waals surface area (Å²) < 4.78 is 0. The van der Waals surface area contributed by atoms with E-state index in [1.165, 1.54) is 11.3 Å². The van der Waals surface area contributed by atoms with Crippen molar-refractivity contribution in [1.29, 1.82) is 0 Å². The first-order valence-corrected chi connectivity index (χ1v) is 9.06. The molecule has 1 aromatic heterocycles. The normalized spacial score (nSPS) is 15.5. The molecule has 0 spiro atoms. The summed E-state index contributed by atoms with van der Waals surface area (Å²) in [7, 11) is 0. The molecular weight excluding hydrogens is 336 g/mol. The van der Waals surface area contributed by atoms with Crippen LogP contribution in [0.1, 0.15) is 23.4 Å². The molecule has 0 aliphatic carbocycles. The molecule has 2 heterocycles. The lowest BCUT2D eigenvalue weighted by Gasteiger charge is -2.30. The Morgan fingerprint density at radius 1 is 1.20 bits per heavy atom. The molecule has 1 fully saturated rings. The molecule has 6 nitrogen and oxygen atoms in total. The second-order valence-electron chi connectivity index (χ2n) is 5.96. The fourth-order valence-electron chi connectivity index (χ4n) is 2.75. The average Bonchev–Trinajstić information content (AvgIpc) is 3.05. The fraction of sp³-hybridized carbons (Fsp3) is 0.333. The SMILES string of the molecule is Cc1nnc(NC(=O)C2CCN(C(=O)/C=C/c3ccccc3)CC2)s1. The van der Waals surface area contributed by atoms with Crippen LogP contribution in [0.2, 0.25) is 0 Å². The molecule has 1 saturated heterocycles. The number of amides is 2. The van der Waals surface area contributed by atoms with Crippen molar-refractivity contribution in [2.45, 2.75) is 19.8 Å². The number of hydrogen-bond acceptors (Lipinski definition) is 5. The summed E-state index contributed by atoms with van der Waals surface area (Å²) >= 11 is 1.36. The van der Waals surface area contributed by atoms with Gasteiger partial charge in [0.1, 0.15) is 5.01 Å². The number of carbonyl (C=O) groups excluding carboxylic acids is 2. The standard InChI is InChI=1S/C18H20N4O2S/c1-13-20-21-18(25-13)19-17(24)15-9-11-22(12-10-15)16(23)8-7-14-5-3-2-4-6-14/h2-8,15H,9-12H2,1H3,(H,19,21,24)/b8-7+. The number of hydrogen-bond donors (Lipinski definition) is 1. The van der Waals surface area contributed by atoms with E-state index in [-0.39, 0.29) is 17.7 Å². The van der Waals surface area contributed by atoms with Crippen molar-refractivity contribution in [3.05, 3.63) is 47.0 Å². The Balaban J connectivity index is 1.48. The molecule has 0 saturated carbocycles. The zero-order chi connectivity index (χ0) is 17.6. The first kappa shape index (κ1) is 17.3. The Labute approximate surface area is 150 Å². The highest BCUT2D eigenvalue weighted by Crippen LogP contribution is 2.21. The highest BCUT2D eigenvalue weighted by molar-refractivity contribution is 7.15. The number of nitrogens with one attached hydrogen (secondary N) is 1. The van der Waals surface area contributed by atoms with E-state index in [2.05, 4.69) is 15.5 Å². The Kier molecular flexibility index (Phi) is 5.55. The second kappa shape index (κ2) is 8.02. The van der Waals surface area contributed by atoms with E-state index in [0.717, 1.165) is 10.6 Å². The summed E-state index contributed by atoms with van der Waals surface area (Å²) in [5, 5.41) is 12.0. The van der Waals surface area contributed by atoms with Crippen LogP contribution in [0.5, 0.6) is 0 Å². The molecule has 1 N–H and O–H groups in total. The predicted molar refractivity (Wildman–Crippen MR) is 98.1 cm³/mol. The monoisotopic (exact) mass is 356 g/mol. The number of nitrogens with zero attached hydrogens (tertiary/aromatic N) is 3. The van der Waals surface area contributed by atoms with Crippen molar-refractivity contribution < 1.29 is 9.59 Å². The zero-order valence-electron chi connectivity index (χ0n) is 14.0. The van der Waals surface area contributed by atoms with Crippen molar-refractivity contribution in [2.24, 2.45) is 5.92 Å². The molecule has 25 heavy (non-hydrogen) atoms. The van der Waals surface area contributed by atoms with Gasteiger partial charge in [0.15, 0.2) is 0 Å². The predicted octanol–water partition coefficient (Wildman–Crippen LogP) is 2.74. The Morgan fingerprint density at radius 3 is 2.56 bits per heavy atom. The van der Waals surface area contributed by atoms with Crippen LogP contribution in [0.25, 0.3) is 6.08 Å². The van der Waals surface area contributed by atoms with E-state index in [4.69, 9.17) is 0 Å². The molecular formula is C18H20N4O2S. The van der Waals surface area contributed by atoms with E-state index >= 15 is 0 Å². The van der Waals surface area contributed by atoms with Crippen LogP contribution in [-0.2, 0) is 9.59 Å². The average molecular weight is 356 g/mol. The molecule has 1 aliphatic heterocycles. The lowest BCUT2D eigenvalue weighted by molar-refractivity contribution is -0.130. The van der Waals surface area contributed by atoms with Crippen LogP contribution in [0.3, 0.4) is 0 Å². The maximum atomic E-state index is 12.3. The molecule has 2 amide bonds. The third-order valence-electron chi connectivity index (χ3n) is 4.15. The Morgan fingerprint density at radius 2 is 1.92 bits per heavy atom. The zero-order valence-corrected chi connectivity index (χ0v) is 14.8. The number of carbonyl (C=O) groups is 2. The van der Waals surface area contributed by atoms with Crippen molar-refractivity contribution in [3.63, 3.8) is 0 Å². The summed E-state index contributed by atoms with van der Waals surface area (Å²) in [5.74, 6) is -0.142. The van der Waals surface area contributed by atoms with Gasteiger partial charge in [0, 0.05) is 25.1 Å². The van der Waals surface area contributed by atoms with Gasteiger partial charge >= 0.3 is 0 Å². The van der Waals surface area contributed by atoms with Gasteiger partial charge in [-0.15, -0.1) is 10.2 Å². The maximum absolute atomic E-state index is 12.3. The third kappa shape index (κ3) is 4.73. The van der Waals surface area contributed by atoms with Crippen LogP contribution in [0.15, 0.2) is 36.4 Å². The third-order valence-corrected chi connectivity index (χ3v) is 4.91. The minimum absolute atomic E-state index is 0.0116. The van der Waals surface area contributed by atoms with E-state index in [9.17, 15) is 9.59 Å². The minimum Gasteiger partial charge on any atom is -0.339 e. The number of benzene rings is 1. The summed E-state index contributed by atoms with van der Waals surface area (Å²) in [6.45, 7) is 3.02. The van der Waals surface area contributed by atoms with Crippen LogP contribution in [-0.4, -0.2) is 40.0 Å². The number of likely N-dealkylation sites (tertiary alicyclic amines) is 1. The maximum Gasteiger partial charge on any atom is 0.246 e. The largest absolute Gasteiger partial charge is 0.339 e. The number of piperidine rings is 1. The van der Waals surface area contributed by atoms with Crippen LogP contribution in [0.4, 0.5) is 5.13 Å². The molecule has 3 rings (SSSR count). The van der Waals surface area contributed by atoms with Crippen LogP contribution in [0, 0.1) is 12.8 Å². The molecule has 0 bridgehead atoms. The Bertz CT molecular complexity index is 764. The van der Waals surface area contributed by atoms with E-state index in [1.54, 1.807) is 11.0 Å². The first-order valence-electron chi connectivity index (χ1n) is 8.25. The molecule has 0 unspecified atom stereocenters. The van der Waals surface area contributed by atoms with Gasteiger partial charge < -0.3 is 10.2 Å². The van der Waals surface area contributed by atoms with Crippen molar-refractivity contribution in [2.75, 3.05) is 18.4 Å². The fourth-order valence-corrected chi connectivity index (χ4v) is 3.35. The lowest BCUT2D eigenvalue weighted by atomic mass is 9.96. The van der Waals surface area contributed by atoms with Gasteiger partial charge in [-0.2, -0.15) is 0 Å². The summed E-state index contributed by atoms with van der Waals surface area (Å²) in [4.78, 5) is 26.3. The highest BCUT2D eigenvalue weighted by Gasteiger charge is 2.27. The summed E-state index contributed by atoms with van der Waals surface area (Å²) in [6, 6.07) is 9.73. The number of aromatic nitrogens is 2. The minimum atomic E-state index is -0.0913. The van der Waals surface area contributed by atoms with Gasteiger partial charge in [0.2, 0.25) is 16.9 Å². The van der Waals surface area contributed by atoms with Crippen molar-refractivity contribution in [1.82, 2.24) is 15.1 Å². The van der Waals surface area contributed by atoms with Crippen LogP contribution < -0.4 is 5.32 Å². The molecule has 7 heteroatoms. The smallest absolute Gasteiger partial charge is 0.246 e. The summed E-state index contributed by atoms with van der Waals surface area (Å²) in [5.41, 5.74) is 0.998. The first-order chi connectivity index (χ1) is 12.1. The Hall–Kier alpha value is -2.54. The molecule has 130 valence electrons. The van der Waals surface area contributed by atoms with E-state index in [0.29, 0.717) is 31.1 Å². The van der Waals surface area contributed by atoms with E-state index in [1.807, 2.05) is 43.3 Å². The van der Waals surface area contributed by atoms with E-state index < -0.39 is 0 Å². The number of rotatable bonds is 4.